The van der Waals surface area contributed by atoms with Crippen LogP contribution in [0, 0.1) is 5.92 Å². The fraction of sp³-hybridized carbons (Fsp3) is 0.562. The lowest BCUT2D eigenvalue weighted by Crippen LogP contribution is -2.54. The van der Waals surface area contributed by atoms with Crippen LogP contribution in [0.4, 0.5) is 9.93 Å². The highest BCUT2D eigenvalue weighted by molar-refractivity contribution is 8.01. The van der Waals surface area contributed by atoms with Gasteiger partial charge in [-0.25, -0.2) is 4.79 Å². The van der Waals surface area contributed by atoms with Gasteiger partial charge < -0.3 is 5.32 Å². The number of carbonyl (C=O) groups is 3. The van der Waals surface area contributed by atoms with E-state index in [1.165, 1.54) is 23.1 Å². The van der Waals surface area contributed by atoms with Crippen molar-refractivity contribution in [2.24, 2.45) is 5.92 Å². The molecular formula is C16H21N5O3S2. The summed E-state index contributed by atoms with van der Waals surface area (Å²) in [5.41, 5.74) is -0.854. The van der Waals surface area contributed by atoms with Crippen molar-refractivity contribution in [3.63, 3.8) is 0 Å². The molecular weight excluding hydrogens is 374 g/mol. The number of carbonyl (C=O) groups excluding carboxylic acids is 3. The fourth-order valence-corrected chi connectivity index (χ4v) is 4.92. The average Bonchev–Trinajstić information content (AvgIpc) is 3.14. The first kappa shape index (κ1) is 18.8. The Morgan fingerprint density at radius 2 is 2.31 bits per heavy atom. The number of imide groups is 1. The Labute approximate surface area is 159 Å². The quantitative estimate of drug-likeness (QED) is 0.331. The first-order valence-corrected chi connectivity index (χ1v) is 10.3. The number of nitrogens with zero attached hydrogens (tertiary/aromatic N) is 3. The number of anilines is 1. The molecule has 140 valence electrons. The number of aromatic nitrogens is 2. The summed E-state index contributed by atoms with van der Waals surface area (Å²) in [5.74, 6) is -0.00572. The standard InChI is InChI=1S/C16H21N5O3S2/c1-3-8-25-15-20-19-13(26-15)17-11(22)9-21-12(23)16(18-14(21)24)7-5-4-6-10(16)2/h3,10H,1,4-9H2,2H3,(H,18,24)(H,17,19,22)/t10-,16-/m0/s1. The molecule has 1 spiro atoms. The monoisotopic (exact) mass is 395 g/mol. The van der Waals surface area contributed by atoms with E-state index >= 15 is 0 Å². The molecule has 10 heteroatoms. The van der Waals surface area contributed by atoms with Crippen LogP contribution in [-0.4, -0.2) is 50.8 Å². The van der Waals surface area contributed by atoms with E-state index in [0.717, 1.165) is 24.2 Å². The Morgan fingerprint density at radius 1 is 1.50 bits per heavy atom. The summed E-state index contributed by atoms with van der Waals surface area (Å²) in [7, 11) is 0. The van der Waals surface area contributed by atoms with Gasteiger partial charge in [0.25, 0.3) is 5.91 Å². The zero-order valence-corrected chi connectivity index (χ0v) is 16.1. The third kappa shape index (κ3) is 3.61. The van der Waals surface area contributed by atoms with Crippen LogP contribution in [0.5, 0.6) is 0 Å². The maximum absolute atomic E-state index is 12.8. The largest absolute Gasteiger partial charge is 0.325 e. The molecule has 3 rings (SSSR count). The molecule has 26 heavy (non-hydrogen) atoms. The number of amides is 4. The Balaban J connectivity index is 1.62. The van der Waals surface area contributed by atoms with Crippen molar-refractivity contribution < 1.29 is 14.4 Å². The second-order valence-corrected chi connectivity index (χ2v) is 8.71. The Hall–Kier alpha value is -1.94. The number of rotatable bonds is 6. The molecule has 2 fully saturated rings. The van der Waals surface area contributed by atoms with Crippen LogP contribution in [0.15, 0.2) is 17.0 Å². The fourth-order valence-electron chi connectivity index (χ4n) is 3.39. The minimum Gasteiger partial charge on any atom is -0.323 e. The molecule has 0 bridgehead atoms. The summed E-state index contributed by atoms with van der Waals surface area (Å²) in [6.45, 7) is 5.29. The zero-order chi connectivity index (χ0) is 18.7. The van der Waals surface area contributed by atoms with E-state index in [1.54, 1.807) is 6.08 Å². The van der Waals surface area contributed by atoms with Crippen molar-refractivity contribution in [1.82, 2.24) is 20.4 Å². The summed E-state index contributed by atoms with van der Waals surface area (Å²) in [5, 5.41) is 13.6. The maximum Gasteiger partial charge on any atom is 0.325 e. The number of hydrogen-bond acceptors (Lipinski definition) is 7. The first-order valence-electron chi connectivity index (χ1n) is 8.47. The number of thioether (sulfide) groups is 1. The summed E-state index contributed by atoms with van der Waals surface area (Å²) < 4.78 is 0.713. The highest BCUT2D eigenvalue weighted by Crippen LogP contribution is 2.38. The van der Waals surface area contributed by atoms with E-state index in [-0.39, 0.29) is 18.4 Å². The minimum atomic E-state index is -0.854. The van der Waals surface area contributed by atoms with Crippen LogP contribution in [0.1, 0.15) is 32.6 Å². The van der Waals surface area contributed by atoms with Gasteiger partial charge >= 0.3 is 6.03 Å². The van der Waals surface area contributed by atoms with Gasteiger partial charge in [-0.3, -0.25) is 19.8 Å². The second kappa shape index (κ2) is 7.75. The molecule has 1 aliphatic heterocycles. The number of urea groups is 1. The molecule has 4 amide bonds. The highest BCUT2D eigenvalue weighted by Gasteiger charge is 2.55. The number of nitrogens with one attached hydrogen (secondary N) is 2. The van der Waals surface area contributed by atoms with Gasteiger partial charge in [0, 0.05) is 5.75 Å². The molecule has 1 aliphatic carbocycles. The van der Waals surface area contributed by atoms with E-state index < -0.39 is 17.5 Å². The summed E-state index contributed by atoms with van der Waals surface area (Å²) >= 11 is 2.70. The topological polar surface area (TPSA) is 104 Å². The molecule has 1 saturated heterocycles. The normalized spacial score (nSPS) is 25.4. The molecule has 2 aliphatic rings. The summed E-state index contributed by atoms with van der Waals surface area (Å²) in [6.07, 6.45) is 5.21. The third-order valence-electron chi connectivity index (χ3n) is 4.78. The molecule has 0 aromatic carbocycles. The van der Waals surface area contributed by atoms with Crippen LogP contribution < -0.4 is 10.6 Å². The lowest BCUT2D eigenvalue weighted by molar-refractivity contribution is -0.136. The Kier molecular flexibility index (Phi) is 5.61. The van der Waals surface area contributed by atoms with E-state index in [2.05, 4.69) is 27.4 Å². The van der Waals surface area contributed by atoms with Crippen LogP contribution in [0.2, 0.25) is 0 Å². The molecule has 8 nitrogen and oxygen atoms in total. The minimum absolute atomic E-state index is 0.0633. The first-order chi connectivity index (χ1) is 12.5. The van der Waals surface area contributed by atoms with Gasteiger partial charge in [0.1, 0.15) is 12.1 Å². The number of hydrogen-bond donors (Lipinski definition) is 2. The van der Waals surface area contributed by atoms with Gasteiger partial charge in [0.2, 0.25) is 11.0 Å². The van der Waals surface area contributed by atoms with Crippen molar-refractivity contribution in [1.29, 1.82) is 0 Å². The third-order valence-corrected chi connectivity index (χ3v) is 6.75. The Bertz CT molecular complexity index is 737. The highest BCUT2D eigenvalue weighted by atomic mass is 32.2. The van der Waals surface area contributed by atoms with Crippen LogP contribution in [0.3, 0.4) is 0 Å². The summed E-state index contributed by atoms with van der Waals surface area (Å²) in [4.78, 5) is 38.4. The molecule has 2 heterocycles. The van der Waals surface area contributed by atoms with Crippen molar-refractivity contribution >= 4 is 46.1 Å². The predicted octanol–water partition coefficient (Wildman–Crippen LogP) is 2.26. The summed E-state index contributed by atoms with van der Waals surface area (Å²) in [6, 6.07) is -0.501. The molecule has 2 N–H and O–H groups in total. The van der Waals surface area contributed by atoms with Crippen LogP contribution in [0.25, 0.3) is 0 Å². The molecule has 0 radical (unpaired) electrons. The van der Waals surface area contributed by atoms with Gasteiger partial charge in [-0.15, -0.1) is 16.8 Å². The van der Waals surface area contributed by atoms with Crippen LogP contribution >= 0.6 is 23.1 Å². The average molecular weight is 396 g/mol. The van der Waals surface area contributed by atoms with Crippen molar-refractivity contribution in [3.8, 4) is 0 Å². The smallest absolute Gasteiger partial charge is 0.323 e. The van der Waals surface area contributed by atoms with Gasteiger partial charge in [0.05, 0.1) is 0 Å². The van der Waals surface area contributed by atoms with Crippen molar-refractivity contribution in [3.05, 3.63) is 12.7 Å². The zero-order valence-electron chi connectivity index (χ0n) is 14.5. The van der Waals surface area contributed by atoms with E-state index in [1.807, 2.05) is 6.92 Å². The van der Waals surface area contributed by atoms with Gasteiger partial charge in [-0.1, -0.05) is 48.9 Å². The van der Waals surface area contributed by atoms with Gasteiger partial charge in [0.15, 0.2) is 4.34 Å². The molecule has 1 aromatic heterocycles. The van der Waals surface area contributed by atoms with Gasteiger partial charge in [-0.05, 0) is 18.8 Å². The van der Waals surface area contributed by atoms with E-state index in [4.69, 9.17) is 0 Å². The SMILES string of the molecule is C=CCSc1nnc(NC(=O)CN2C(=O)N[C@]3(CCCC[C@@H]3C)C2=O)s1. The molecule has 1 aromatic rings. The van der Waals surface area contributed by atoms with Crippen LogP contribution in [-0.2, 0) is 9.59 Å². The van der Waals surface area contributed by atoms with Gasteiger partial charge in [-0.2, -0.15) is 0 Å². The molecule has 2 atom stereocenters. The maximum atomic E-state index is 12.8. The lowest BCUT2D eigenvalue weighted by Gasteiger charge is -2.36. The van der Waals surface area contributed by atoms with E-state index in [9.17, 15) is 14.4 Å². The second-order valence-electron chi connectivity index (χ2n) is 6.46. The lowest BCUT2D eigenvalue weighted by atomic mass is 9.73. The predicted molar refractivity (Wildman–Crippen MR) is 100 cm³/mol. The molecule has 0 unspecified atom stereocenters. The van der Waals surface area contributed by atoms with E-state index in [0.29, 0.717) is 21.6 Å². The Morgan fingerprint density at radius 3 is 3.04 bits per heavy atom. The van der Waals surface area contributed by atoms with Crippen molar-refractivity contribution in [2.45, 2.75) is 42.5 Å². The van der Waals surface area contributed by atoms with Crippen molar-refractivity contribution in [2.75, 3.05) is 17.6 Å². The molecule has 1 saturated carbocycles.